The molecule has 0 saturated carbocycles. The molecule has 1 heterocycles. The third-order valence-corrected chi connectivity index (χ3v) is 2.06. The third kappa shape index (κ3) is 1.96. The van der Waals surface area contributed by atoms with Crippen molar-refractivity contribution in [1.82, 2.24) is 4.98 Å². The molecule has 0 aliphatic rings. The zero-order chi connectivity index (χ0) is 8.55. The van der Waals surface area contributed by atoms with Gasteiger partial charge in [0.05, 0.1) is 0 Å². The maximum atomic E-state index is 4.44. The number of benzene rings is 1. The van der Waals surface area contributed by atoms with Gasteiger partial charge in [0.1, 0.15) is 11.2 Å². The minimum absolute atomic E-state index is 0. The quantitative estimate of drug-likeness (QED) is 0.551. The molecule has 0 unspecified atom stereocenters. The molecule has 3 heteroatoms. The Labute approximate surface area is 94.4 Å². The normalized spacial score (nSPS) is 9.69. The van der Waals surface area contributed by atoms with Crippen molar-refractivity contribution >= 4 is 11.0 Å². The van der Waals surface area contributed by atoms with Crippen molar-refractivity contribution in [1.29, 1.82) is 0 Å². The number of halogens is 1. The number of para-hydroxylation sites is 2. The van der Waals surface area contributed by atoms with Gasteiger partial charge in [0.15, 0.2) is 5.69 Å². The summed E-state index contributed by atoms with van der Waals surface area (Å²) in [6.45, 7) is 4.05. The lowest BCUT2D eigenvalue weighted by Crippen LogP contribution is -3.00. The van der Waals surface area contributed by atoms with Crippen LogP contribution in [0, 0.1) is 13.8 Å². The summed E-state index contributed by atoms with van der Waals surface area (Å²) in [5, 5.41) is 0. The van der Waals surface area contributed by atoms with Crippen LogP contribution in [0.2, 0.25) is 0 Å². The van der Waals surface area contributed by atoms with Gasteiger partial charge in [-0.3, -0.25) is 0 Å². The van der Waals surface area contributed by atoms with E-state index >= 15 is 0 Å². The molecule has 0 aliphatic heterocycles. The summed E-state index contributed by atoms with van der Waals surface area (Å²) in [7, 11) is 0. The molecular formula is C10H11IN2. The molecule has 0 saturated heterocycles. The van der Waals surface area contributed by atoms with E-state index in [-0.39, 0.29) is 24.0 Å². The standard InChI is InChI=1S/C10H10N2.HI/c1-7-8(2)12-10-6-4-3-5-9(10)11-7;/h3-6H,1-2H3;1H. The van der Waals surface area contributed by atoms with E-state index in [1.54, 1.807) is 0 Å². The average molecular weight is 286 g/mol. The van der Waals surface area contributed by atoms with E-state index in [1.807, 2.05) is 38.1 Å². The van der Waals surface area contributed by atoms with Crippen LogP contribution in [0.5, 0.6) is 0 Å². The van der Waals surface area contributed by atoms with Gasteiger partial charge in [0.2, 0.25) is 5.52 Å². The molecule has 0 aliphatic carbocycles. The molecule has 2 nitrogen and oxygen atoms in total. The smallest absolute Gasteiger partial charge is 0.229 e. The highest BCUT2D eigenvalue weighted by atomic mass is 127. The highest BCUT2D eigenvalue weighted by Crippen LogP contribution is 2.06. The first-order valence-electron chi connectivity index (χ1n) is 4.02. The zero-order valence-electron chi connectivity index (χ0n) is 7.63. The van der Waals surface area contributed by atoms with Crippen molar-refractivity contribution in [2.24, 2.45) is 0 Å². The average Bonchev–Trinajstić information content (AvgIpc) is 2.07. The maximum Gasteiger partial charge on any atom is 0.229 e. The highest BCUT2D eigenvalue weighted by molar-refractivity contribution is 5.70. The number of aryl methyl sites for hydroxylation is 2. The van der Waals surface area contributed by atoms with E-state index in [0.29, 0.717) is 0 Å². The number of H-pyrrole nitrogens is 1. The van der Waals surface area contributed by atoms with Crippen molar-refractivity contribution in [3.05, 3.63) is 35.7 Å². The molecule has 1 aromatic heterocycles. The topological polar surface area (TPSA) is 27.0 Å². The summed E-state index contributed by atoms with van der Waals surface area (Å²) in [5.74, 6) is 0. The number of rotatable bonds is 0. The van der Waals surface area contributed by atoms with Crippen molar-refractivity contribution in [2.45, 2.75) is 13.8 Å². The van der Waals surface area contributed by atoms with E-state index in [1.165, 1.54) is 0 Å². The Morgan fingerprint density at radius 2 is 1.85 bits per heavy atom. The van der Waals surface area contributed by atoms with Gasteiger partial charge in [-0.1, -0.05) is 12.1 Å². The second kappa shape index (κ2) is 4.00. The fraction of sp³-hybridized carbons (Fsp3) is 0.200. The summed E-state index contributed by atoms with van der Waals surface area (Å²) in [4.78, 5) is 7.74. The molecule has 0 spiro atoms. The van der Waals surface area contributed by atoms with Crippen LogP contribution in [0.3, 0.4) is 0 Å². The lowest BCUT2D eigenvalue weighted by Gasteiger charge is -1.94. The van der Waals surface area contributed by atoms with Crippen LogP contribution in [0.15, 0.2) is 24.3 Å². The fourth-order valence-electron chi connectivity index (χ4n) is 1.23. The van der Waals surface area contributed by atoms with Gasteiger partial charge in [-0.25, -0.2) is 9.97 Å². The van der Waals surface area contributed by atoms with Crippen molar-refractivity contribution in [2.75, 3.05) is 0 Å². The second-order valence-corrected chi connectivity index (χ2v) is 2.96. The van der Waals surface area contributed by atoms with Crippen molar-refractivity contribution in [3.63, 3.8) is 0 Å². The Bertz CT molecular complexity index is 386. The first kappa shape index (κ1) is 10.4. The molecule has 0 fully saturated rings. The Kier molecular flexibility index (Phi) is 3.19. The largest absolute Gasteiger partial charge is 1.00 e. The van der Waals surface area contributed by atoms with Gasteiger partial charge in [0, 0.05) is 13.0 Å². The van der Waals surface area contributed by atoms with E-state index < -0.39 is 0 Å². The minimum Gasteiger partial charge on any atom is -1.00 e. The molecular weight excluding hydrogens is 275 g/mol. The number of nitrogens with zero attached hydrogens (tertiary/aromatic N) is 1. The number of hydrogen-bond acceptors (Lipinski definition) is 1. The van der Waals surface area contributed by atoms with Crippen LogP contribution in [0.1, 0.15) is 11.4 Å². The summed E-state index contributed by atoms with van der Waals surface area (Å²) in [5.41, 5.74) is 4.32. The molecule has 2 aromatic rings. The molecule has 0 atom stereocenters. The maximum absolute atomic E-state index is 4.44. The summed E-state index contributed by atoms with van der Waals surface area (Å²) >= 11 is 0. The number of fused-ring (bicyclic) bond motifs is 1. The van der Waals surface area contributed by atoms with Crippen LogP contribution < -0.4 is 29.0 Å². The molecule has 1 N–H and O–H groups in total. The van der Waals surface area contributed by atoms with Gasteiger partial charge < -0.3 is 24.0 Å². The number of aromatic amines is 1. The van der Waals surface area contributed by atoms with Crippen LogP contribution in [-0.4, -0.2) is 4.98 Å². The summed E-state index contributed by atoms with van der Waals surface area (Å²) in [6.07, 6.45) is 0. The highest BCUT2D eigenvalue weighted by Gasteiger charge is 2.05. The van der Waals surface area contributed by atoms with Crippen LogP contribution in [0.25, 0.3) is 11.0 Å². The summed E-state index contributed by atoms with van der Waals surface area (Å²) < 4.78 is 0. The SMILES string of the molecule is Cc1nc2ccccc2[nH+]c1C.[I-]. The van der Waals surface area contributed by atoms with Gasteiger partial charge in [0.25, 0.3) is 0 Å². The number of nitrogens with one attached hydrogen (secondary N) is 1. The first-order valence-corrected chi connectivity index (χ1v) is 4.02. The van der Waals surface area contributed by atoms with Crippen molar-refractivity contribution < 1.29 is 29.0 Å². The predicted molar refractivity (Wildman–Crippen MR) is 47.8 cm³/mol. The van der Waals surface area contributed by atoms with E-state index in [0.717, 1.165) is 22.4 Å². The molecule has 1 aromatic carbocycles. The van der Waals surface area contributed by atoms with Gasteiger partial charge in [-0.05, 0) is 13.0 Å². The summed E-state index contributed by atoms with van der Waals surface area (Å²) in [6, 6.07) is 8.06. The van der Waals surface area contributed by atoms with Crippen LogP contribution in [0.4, 0.5) is 0 Å². The van der Waals surface area contributed by atoms with Gasteiger partial charge in [-0.2, -0.15) is 0 Å². The Hall–Kier alpha value is -0.710. The molecule has 2 rings (SSSR count). The van der Waals surface area contributed by atoms with E-state index in [2.05, 4.69) is 9.97 Å². The van der Waals surface area contributed by atoms with Gasteiger partial charge in [-0.15, -0.1) is 0 Å². The molecule has 0 amide bonds. The zero-order valence-corrected chi connectivity index (χ0v) is 9.79. The number of aromatic nitrogens is 2. The molecule has 13 heavy (non-hydrogen) atoms. The fourth-order valence-corrected chi connectivity index (χ4v) is 1.23. The van der Waals surface area contributed by atoms with Gasteiger partial charge >= 0.3 is 0 Å². The first-order chi connectivity index (χ1) is 5.77. The lowest BCUT2D eigenvalue weighted by molar-refractivity contribution is -0.356. The molecule has 0 radical (unpaired) electrons. The van der Waals surface area contributed by atoms with Crippen LogP contribution >= 0.6 is 0 Å². The third-order valence-electron chi connectivity index (χ3n) is 2.06. The van der Waals surface area contributed by atoms with E-state index in [4.69, 9.17) is 0 Å². The van der Waals surface area contributed by atoms with E-state index in [9.17, 15) is 0 Å². The molecule has 0 bridgehead atoms. The predicted octanol–water partition coefficient (Wildman–Crippen LogP) is -1.33. The monoisotopic (exact) mass is 286 g/mol. The minimum atomic E-state index is 0. The van der Waals surface area contributed by atoms with Crippen LogP contribution in [-0.2, 0) is 0 Å². The second-order valence-electron chi connectivity index (χ2n) is 2.96. The van der Waals surface area contributed by atoms with Crippen molar-refractivity contribution in [3.8, 4) is 0 Å². The Morgan fingerprint density at radius 3 is 2.62 bits per heavy atom. The number of hydrogen-bond donors (Lipinski definition) is 0. The Morgan fingerprint density at radius 1 is 1.15 bits per heavy atom. The lowest BCUT2D eigenvalue weighted by atomic mass is 10.2. The molecule has 68 valence electrons. The Balaban J connectivity index is 0.000000845.